The maximum Gasteiger partial charge on any atom is 0.339 e. The van der Waals surface area contributed by atoms with E-state index in [-0.39, 0.29) is 13.2 Å². The number of anilines is 1. The molecule has 0 aliphatic carbocycles. The Morgan fingerprint density at radius 3 is 2.93 bits per heavy atom. The van der Waals surface area contributed by atoms with Crippen molar-refractivity contribution < 1.29 is 14.6 Å². The standard InChI is InChI=1S/C10H12BrNO3/c11-9-7(3-1-4-8(9)12)10(14)15-6-2-5-13/h1,3-4,13H,2,5-6,12H2. The molecule has 82 valence electrons. The number of halogens is 1. The first-order valence-corrected chi connectivity index (χ1v) is 5.28. The third kappa shape index (κ3) is 3.21. The smallest absolute Gasteiger partial charge is 0.339 e. The number of aliphatic hydroxyl groups is 1. The number of nitrogens with two attached hydrogens (primary N) is 1. The number of rotatable bonds is 4. The van der Waals surface area contributed by atoms with Crippen molar-refractivity contribution in [3.05, 3.63) is 28.2 Å². The minimum Gasteiger partial charge on any atom is -0.462 e. The lowest BCUT2D eigenvalue weighted by Gasteiger charge is -2.06. The Balaban J connectivity index is 2.69. The second-order valence-corrected chi connectivity index (χ2v) is 3.71. The van der Waals surface area contributed by atoms with E-state index in [9.17, 15) is 4.79 Å². The molecule has 0 aliphatic heterocycles. The van der Waals surface area contributed by atoms with Crippen LogP contribution in [0.1, 0.15) is 16.8 Å². The van der Waals surface area contributed by atoms with Crippen molar-refractivity contribution in [1.29, 1.82) is 0 Å². The molecule has 0 amide bonds. The highest BCUT2D eigenvalue weighted by molar-refractivity contribution is 9.10. The maximum atomic E-state index is 11.5. The molecule has 0 aliphatic rings. The van der Waals surface area contributed by atoms with Crippen LogP contribution >= 0.6 is 15.9 Å². The molecule has 1 rings (SSSR count). The molecule has 4 nitrogen and oxygen atoms in total. The number of carbonyl (C=O) groups excluding carboxylic acids is 1. The Bertz CT molecular complexity index is 355. The number of esters is 1. The van der Waals surface area contributed by atoms with Gasteiger partial charge in [-0.05, 0) is 28.1 Å². The molecule has 0 radical (unpaired) electrons. The normalized spacial score (nSPS) is 10.0. The fraction of sp³-hybridized carbons (Fsp3) is 0.300. The van der Waals surface area contributed by atoms with Crippen LogP contribution in [0.3, 0.4) is 0 Å². The molecular formula is C10H12BrNO3. The van der Waals surface area contributed by atoms with Gasteiger partial charge in [-0.2, -0.15) is 0 Å². The van der Waals surface area contributed by atoms with Gasteiger partial charge in [-0.3, -0.25) is 0 Å². The quantitative estimate of drug-likeness (QED) is 0.496. The summed E-state index contributed by atoms with van der Waals surface area (Å²) >= 11 is 3.21. The Morgan fingerprint density at radius 2 is 2.27 bits per heavy atom. The van der Waals surface area contributed by atoms with Gasteiger partial charge in [0.1, 0.15) is 0 Å². The molecule has 3 N–H and O–H groups in total. The Hall–Kier alpha value is -1.07. The van der Waals surface area contributed by atoms with Gasteiger partial charge in [0.15, 0.2) is 0 Å². The lowest BCUT2D eigenvalue weighted by molar-refractivity contribution is 0.0481. The minimum absolute atomic E-state index is 0.00534. The maximum absolute atomic E-state index is 11.5. The van der Waals surface area contributed by atoms with E-state index in [0.717, 1.165) is 0 Å². The van der Waals surface area contributed by atoms with E-state index in [0.29, 0.717) is 22.1 Å². The fourth-order valence-corrected chi connectivity index (χ4v) is 1.44. The molecule has 0 saturated heterocycles. The molecule has 1 aromatic carbocycles. The molecule has 1 aromatic rings. The topological polar surface area (TPSA) is 72.6 Å². The van der Waals surface area contributed by atoms with Gasteiger partial charge in [-0.15, -0.1) is 0 Å². The van der Waals surface area contributed by atoms with Crippen LogP contribution < -0.4 is 5.73 Å². The molecule has 0 unspecified atom stereocenters. The van der Waals surface area contributed by atoms with E-state index in [1.807, 2.05) is 0 Å². The lowest BCUT2D eigenvalue weighted by atomic mass is 10.2. The van der Waals surface area contributed by atoms with E-state index in [1.54, 1.807) is 18.2 Å². The zero-order valence-electron chi connectivity index (χ0n) is 8.07. The number of ether oxygens (including phenoxy) is 1. The first-order valence-electron chi connectivity index (χ1n) is 4.48. The molecule has 0 atom stereocenters. The van der Waals surface area contributed by atoms with Crippen molar-refractivity contribution in [1.82, 2.24) is 0 Å². The van der Waals surface area contributed by atoms with Crippen molar-refractivity contribution >= 4 is 27.6 Å². The predicted octanol–water partition coefficient (Wildman–Crippen LogP) is 1.57. The number of hydrogen-bond acceptors (Lipinski definition) is 4. The Morgan fingerprint density at radius 1 is 1.53 bits per heavy atom. The third-order valence-electron chi connectivity index (χ3n) is 1.78. The molecule has 0 aromatic heterocycles. The average molecular weight is 274 g/mol. The van der Waals surface area contributed by atoms with Gasteiger partial charge in [0.05, 0.1) is 16.6 Å². The fourth-order valence-electron chi connectivity index (χ4n) is 1.01. The summed E-state index contributed by atoms with van der Waals surface area (Å²) in [6, 6.07) is 5.00. The van der Waals surface area contributed by atoms with Crippen LogP contribution in [-0.2, 0) is 4.74 Å². The zero-order valence-corrected chi connectivity index (χ0v) is 9.66. The van der Waals surface area contributed by atoms with Crippen molar-refractivity contribution in [2.24, 2.45) is 0 Å². The predicted molar refractivity (Wildman–Crippen MR) is 60.5 cm³/mol. The first-order chi connectivity index (χ1) is 7.16. The van der Waals surface area contributed by atoms with E-state index >= 15 is 0 Å². The van der Waals surface area contributed by atoms with Crippen LogP contribution in [0.15, 0.2) is 22.7 Å². The molecule has 0 spiro atoms. The van der Waals surface area contributed by atoms with Gasteiger partial charge >= 0.3 is 5.97 Å². The van der Waals surface area contributed by atoms with Crippen molar-refractivity contribution in [2.45, 2.75) is 6.42 Å². The monoisotopic (exact) mass is 273 g/mol. The molecular weight excluding hydrogens is 262 g/mol. The van der Waals surface area contributed by atoms with Crippen molar-refractivity contribution in [2.75, 3.05) is 18.9 Å². The summed E-state index contributed by atoms with van der Waals surface area (Å²) in [4.78, 5) is 11.5. The summed E-state index contributed by atoms with van der Waals surface area (Å²) < 4.78 is 5.46. The second kappa shape index (κ2) is 5.72. The van der Waals surface area contributed by atoms with E-state index in [1.165, 1.54) is 0 Å². The van der Waals surface area contributed by atoms with Gasteiger partial charge in [0, 0.05) is 18.7 Å². The Kier molecular flexibility index (Phi) is 4.58. The summed E-state index contributed by atoms with van der Waals surface area (Å²) in [7, 11) is 0. The molecule has 0 heterocycles. The lowest BCUT2D eigenvalue weighted by Crippen LogP contribution is -2.08. The van der Waals surface area contributed by atoms with E-state index in [2.05, 4.69) is 15.9 Å². The second-order valence-electron chi connectivity index (χ2n) is 2.92. The van der Waals surface area contributed by atoms with Crippen LogP contribution in [0.5, 0.6) is 0 Å². The van der Waals surface area contributed by atoms with Crippen LogP contribution in [0.2, 0.25) is 0 Å². The van der Waals surface area contributed by atoms with Gasteiger partial charge in [0.25, 0.3) is 0 Å². The molecule has 15 heavy (non-hydrogen) atoms. The van der Waals surface area contributed by atoms with Gasteiger partial charge in [-0.1, -0.05) is 6.07 Å². The van der Waals surface area contributed by atoms with Crippen LogP contribution in [0.4, 0.5) is 5.69 Å². The van der Waals surface area contributed by atoms with Gasteiger partial charge < -0.3 is 15.6 Å². The Labute approximate surface area is 96.2 Å². The minimum atomic E-state index is -0.442. The van der Waals surface area contributed by atoms with Gasteiger partial charge in [-0.25, -0.2) is 4.79 Å². The van der Waals surface area contributed by atoms with Gasteiger partial charge in [0.2, 0.25) is 0 Å². The van der Waals surface area contributed by atoms with E-state index in [4.69, 9.17) is 15.6 Å². The number of aliphatic hydroxyl groups excluding tert-OH is 1. The van der Waals surface area contributed by atoms with E-state index < -0.39 is 5.97 Å². The SMILES string of the molecule is Nc1cccc(C(=O)OCCCO)c1Br. The summed E-state index contributed by atoms with van der Waals surface area (Å²) in [6.45, 7) is 0.210. The summed E-state index contributed by atoms with van der Waals surface area (Å²) in [5.74, 6) is -0.442. The molecule has 0 fully saturated rings. The summed E-state index contributed by atoms with van der Waals surface area (Å²) in [6.07, 6.45) is 0.436. The number of nitrogen functional groups attached to an aromatic ring is 1. The summed E-state index contributed by atoms with van der Waals surface area (Å²) in [5, 5.41) is 8.53. The average Bonchev–Trinajstić information content (AvgIpc) is 2.22. The highest BCUT2D eigenvalue weighted by atomic mass is 79.9. The number of hydrogen-bond donors (Lipinski definition) is 2. The zero-order chi connectivity index (χ0) is 11.3. The highest BCUT2D eigenvalue weighted by Gasteiger charge is 2.12. The van der Waals surface area contributed by atoms with Crippen LogP contribution in [-0.4, -0.2) is 24.3 Å². The van der Waals surface area contributed by atoms with Crippen LogP contribution in [0.25, 0.3) is 0 Å². The summed E-state index contributed by atoms with van der Waals surface area (Å²) in [5.41, 5.74) is 6.51. The highest BCUT2D eigenvalue weighted by Crippen LogP contribution is 2.24. The molecule has 0 bridgehead atoms. The number of carbonyl (C=O) groups is 1. The third-order valence-corrected chi connectivity index (χ3v) is 2.67. The largest absolute Gasteiger partial charge is 0.462 e. The van der Waals surface area contributed by atoms with Crippen LogP contribution in [0, 0.1) is 0 Å². The molecule has 5 heteroatoms. The van der Waals surface area contributed by atoms with Crippen molar-refractivity contribution in [3.8, 4) is 0 Å². The first kappa shape index (κ1) is 12.0. The molecule has 0 saturated carbocycles. The van der Waals surface area contributed by atoms with Crippen molar-refractivity contribution in [3.63, 3.8) is 0 Å². The number of benzene rings is 1.